The van der Waals surface area contributed by atoms with Gasteiger partial charge >= 0.3 is 7.25 Å². The van der Waals surface area contributed by atoms with Gasteiger partial charge in [-0.3, -0.25) is 0 Å². The van der Waals surface area contributed by atoms with Crippen molar-refractivity contribution in [2.45, 2.75) is 0 Å². The zero-order chi connectivity index (χ0) is 8.74. The molecule has 1 radical (unpaired) electrons. The SMILES string of the molecule is F[B-](F)(F)F.[Rh].c1ccccc1. The van der Waals surface area contributed by atoms with Gasteiger partial charge in [0, 0.05) is 19.5 Å². The minimum Gasteiger partial charge on any atom is -0.418 e. The van der Waals surface area contributed by atoms with E-state index in [-0.39, 0.29) is 19.5 Å². The summed E-state index contributed by atoms with van der Waals surface area (Å²) in [5, 5.41) is 0. The minimum absolute atomic E-state index is 0. The summed E-state index contributed by atoms with van der Waals surface area (Å²) >= 11 is 0. The number of benzene rings is 1. The van der Waals surface area contributed by atoms with E-state index >= 15 is 0 Å². The Morgan fingerprint density at radius 2 is 0.667 bits per heavy atom. The van der Waals surface area contributed by atoms with Gasteiger partial charge in [0.1, 0.15) is 0 Å². The third kappa shape index (κ3) is 22.6. The Bertz CT molecular complexity index is 144. The maximum absolute atomic E-state index is 9.75. The van der Waals surface area contributed by atoms with Gasteiger partial charge in [0.15, 0.2) is 0 Å². The molecule has 0 amide bonds. The largest absolute Gasteiger partial charge is 0.673 e. The molecule has 0 atom stereocenters. The number of hydrogen-bond acceptors (Lipinski definition) is 0. The molecule has 0 saturated heterocycles. The second-order valence-electron chi connectivity index (χ2n) is 1.65. The predicted octanol–water partition coefficient (Wildman–Crippen LogP) is 2.98. The molecule has 0 unspecified atom stereocenters. The number of halogens is 4. The van der Waals surface area contributed by atoms with E-state index in [4.69, 9.17) is 0 Å². The van der Waals surface area contributed by atoms with Gasteiger partial charge < -0.3 is 17.3 Å². The van der Waals surface area contributed by atoms with Crippen LogP contribution in [-0.2, 0) is 19.5 Å². The van der Waals surface area contributed by atoms with Crippen LogP contribution in [0.3, 0.4) is 0 Å². The van der Waals surface area contributed by atoms with Crippen molar-refractivity contribution in [3.05, 3.63) is 36.4 Å². The Labute approximate surface area is 80.8 Å². The van der Waals surface area contributed by atoms with Crippen LogP contribution in [0.25, 0.3) is 0 Å². The fourth-order valence-electron chi connectivity index (χ4n) is 0.385. The molecule has 0 heterocycles. The van der Waals surface area contributed by atoms with Crippen molar-refractivity contribution in [1.29, 1.82) is 0 Å². The maximum atomic E-state index is 9.75. The number of rotatable bonds is 0. The molecule has 1 rings (SSSR count). The average Bonchev–Trinajstić information content (AvgIpc) is 1.88. The maximum Gasteiger partial charge on any atom is 0.673 e. The van der Waals surface area contributed by atoms with Crippen LogP contribution in [0.15, 0.2) is 36.4 Å². The van der Waals surface area contributed by atoms with Crippen LogP contribution >= 0.6 is 0 Å². The van der Waals surface area contributed by atoms with Crippen LogP contribution in [0, 0.1) is 0 Å². The van der Waals surface area contributed by atoms with Gasteiger partial charge in [0.05, 0.1) is 0 Å². The number of hydrogen-bond donors (Lipinski definition) is 0. The van der Waals surface area contributed by atoms with Gasteiger partial charge in [-0.05, 0) is 0 Å². The first-order valence-corrected chi connectivity index (χ1v) is 2.87. The Morgan fingerprint density at radius 3 is 0.750 bits per heavy atom. The smallest absolute Gasteiger partial charge is 0.418 e. The van der Waals surface area contributed by atoms with Crippen LogP contribution in [0.5, 0.6) is 0 Å². The third-order valence-corrected chi connectivity index (χ3v) is 0.667. The molecule has 6 heteroatoms. The zero-order valence-corrected chi connectivity index (χ0v) is 7.53. The predicted molar refractivity (Wildman–Crippen MR) is 36.6 cm³/mol. The van der Waals surface area contributed by atoms with Gasteiger partial charge in [-0.15, -0.1) is 0 Å². The molecule has 71 valence electrons. The van der Waals surface area contributed by atoms with Crippen molar-refractivity contribution in [3.8, 4) is 0 Å². The normalized spacial score (nSPS) is 9.00. The first-order valence-electron chi connectivity index (χ1n) is 2.87. The Kier molecular flexibility index (Phi) is 8.60. The summed E-state index contributed by atoms with van der Waals surface area (Å²) in [4.78, 5) is 0. The molecule has 0 aromatic heterocycles. The topological polar surface area (TPSA) is 0 Å². The van der Waals surface area contributed by atoms with Crippen molar-refractivity contribution in [2.24, 2.45) is 0 Å². The Hall–Kier alpha value is -0.372. The minimum atomic E-state index is -6.00. The molecule has 0 bridgehead atoms. The second-order valence-corrected chi connectivity index (χ2v) is 1.65. The second kappa shape index (κ2) is 7.29. The summed E-state index contributed by atoms with van der Waals surface area (Å²) in [6.45, 7) is 0. The molecule has 1 aromatic rings. The van der Waals surface area contributed by atoms with Crippen LogP contribution in [0.2, 0.25) is 0 Å². The monoisotopic (exact) mass is 268 g/mol. The first-order chi connectivity index (χ1) is 5.00. The van der Waals surface area contributed by atoms with Gasteiger partial charge in [-0.2, -0.15) is 0 Å². The van der Waals surface area contributed by atoms with Crippen LogP contribution in [0.4, 0.5) is 17.3 Å². The van der Waals surface area contributed by atoms with Gasteiger partial charge in [-0.1, -0.05) is 36.4 Å². The summed E-state index contributed by atoms with van der Waals surface area (Å²) in [5.74, 6) is 0. The van der Waals surface area contributed by atoms with E-state index in [1.54, 1.807) is 0 Å². The molecule has 0 aliphatic carbocycles. The quantitative estimate of drug-likeness (QED) is 0.501. The Morgan fingerprint density at radius 1 is 0.583 bits per heavy atom. The zero-order valence-electron chi connectivity index (χ0n) is 5.89. The van der Waals surface area contributed by atoms with Gasteiger partial charge in [0.25, 0.3) is 0 Å². The van der Waals surface area contributed by atoms with E-state index in [1.807, 2.05) is 36.4 Å². The van der Waals surface area contributed by atoms with E-state index in [0.717, 1.165) is 0 Å². The van der Waals surface area contributed by atoms with Crippen molar-refractivity contribution in [3.63, 3.8) is 0 Å². The molecule has 0 aliphatic rings. The average molecular weight is 268 g/mol. The Balaban J connectivity index is 0. The van der Waals surface area contributed by atoms with Crippen LogP contribution in [-0.4, -0.2) is 7.25 Å². The summed E-state index contributed by atoms with van der Waals surface area (Å²) in [6.07, 6.45) is 0. The molecular weight excluding hydrogens is 262 g/mol. The van der Waals surface area contributed by atoms with E-state index in [0.29, 0.717) is 0 Å². The van der Waals surface area contributed by atoms with Gasteiger partial charge in [-0.25, -0.2) is 0 Å². The van der Waals surface area contributed by atoms with Crippen LogP contribution < -0.4 is 0 Å². The molecule has 0 N–H and O–H groups in total. The molecule has 0 fully saturated rings. The summed E-state index contributed by atoms with van der Waals surface area (Å²) in [6, 6.07) is 12.0. The molecular formula is C6H6BF4Rh-. The summed E-state index contributed by atoms with van der Waals surface area (Å²) in [5.41, 5.74) is 0. The van der Waals surface area contributed by atoms with E-state index < -0.39 is 7.25 Å². The molecule has 12 heavy (non-hydrogen) atoms. The molecule has 1 aromatic carbocycles. The molecule has 0 saturated carbocycles. The van der Waals surface area contributed by atoms with Crippen LogP contribution in [0.1, 0.15) is 0 Å². The fourth-order valence-corrected chi connectivity index (χ4v) is 0.385. The van der Waals surface area contributed by atoms with Crippen molar-refractivity contribution in [1.82, 2.24) is 0 Å². The fraction of sp³-hybridized carbons (Fsp3) is 0. The van der Waals surface area contributed by atoms with Crippen molar-refractivity contribution in [2.75, 3.05) is 0 Å². The molecule has 0 aliphatic heterocycles. The standard InChI is InChI=1S/C6H6.BF4.Rh/c1-2-4-6-5-3-1;2-1(3,4)5;/h1-6H;;/q;-1;. The van der Waals surface area contributed by atoms with E-state index in [2.05, 4.69) is 0 Å². The van der Waals surface area contributed by atoms with E-state index in [1.165, 1.54) is 0 Å². The third-order valence-electron chi connectivity index (χ3n) is 0.667. The first kappa shape index (κ1) is 14.2. The van der Waals surface area contributed by atoms with Gasteiger partial charge in [0.2, 0.25) is 0 Å². The van der Waals surface area contributed by atoms with Crippen molar-refractivity contribution < 1.29 is 36.7 Å². The molecule has 0 nitrogen and oxygen atoms in total. The van der Waals surface area contributed by atoms with E-state index in [9.17, 15) is 17.3 Å². The summed E-state index contributed by atoms with van der Waals surface area (Å²) < 4.78 is 39.0. The summed E-state index contributed by atoms with van der Waals surface area (Å²) in [7, 11) is -6.00. The van der Waals surface area contributed by atoms with Crippen molar-refractivity contribution >= 4 is 7.25 Å². The molecule has 0 spiro atoms.